The molecule has 40 heavy (non-hydrogen) atoms. The molecule has 1 amide bonds. The van der Waals surface area contributed by atoms with Gasteiger partial charge in [0.25, 0.3) is 0 Å². The van der Waals surface area contributed by atoms with Crippen molar-refractivity contribution in [2.75, 3.05) is 13.1 Å². The summed E-state index contributed by atoms with van der Waals surface area (Å²) in [5.41, 5.74) is 2.25. The van der Waals surface area contributed by atoms with Crippen LogP contribution in [0.15, 0.2) is 66.2 Å². The Balaban J connectivity index is 1.28. The number of alkyl halides is 3. The van der Waals surface area contributed by atoms with Crippen LogP contribution in [0.1, 0.15) is 57.6 Å². The van der Waals surface area contributed by atoms with Crippen LogP contribution in [0.25, 0.3) is 6.08 Å². The average molecular weight is 557 g/mol. The molecule has 4 rings (SSSR count). The van der Waals surface area contributed by atoms with Crippen molar-refractivity contribution >= 4 is 18.0 Å². The second-order valence-corrected chi connectivity index (χ2v) is 11.7. The normalized spacial score (nSPS) is 22.8. The Kier molecular flexibility index (Phi) is 9.39. The quantitative estimate of drug-likeness (QED) is 0.308. The molecule has 5 nitrogen and oxygen atoms in total. The van der Waals surface area contributed by atoms with E-state index in [2.05, 4.69) is 5.32 Å². The molecule has 0 saturated heterocycles. The van der Waals surface area contributed by atoms with Gasteiger partial charge in [-0.25, -0.2) is 0 Å². The van der Waals surface area contributed by atoms with Crippen LogP contribution in [0, 0.1) is 17.3 Å². The zero-order valence-corrected chi connectivity index (χ0v) is 23.4. The van der Waals surface area contributed by atoms with Gasteiger partial charge < -0.3 is 15.0 Å². The minimum atomic E-state index is -4.89. The maximum Gasteiger partial charge on any atom is 0.471 e. The third kappa shape index (κ3) is 7.74. The number of carbonyl (C=O) groups is 2. The van der Waals surface area contributed by atoms with Crippen molar-refractivity contribution in [3.05, 3.63) is 77.4 Å². The van der Waals surface area contributed by atoms with Crippen LogP contribution >= 0.6 is 0 Å². The number of rotatable bonds is 12. The van der Waals surface area contributed by atoms with Gasteiger partial charge in [0, 0.05) is 31.1 Å². The van der Waals surface area contributed by atoms with Gasteiger partial charge in [0.2, 0.25) is 0 Å². The Bertz CT molecular complexity index is 1170. The topological polar surface area (TPSA) is 58.6 Å². The molecule has 2 aliphatic carbocycles. The first kappa shape index (κ1) is 29.8. The van der Waals surface area contributed by atoms with E-state index in [0.717, 1.165) is 28.0 Å². The first-order chi connectivity index (χ1) is 19.0. The zero-order chi connectivity index (χ0) is 28.9. The lowest BCUT2D eigenvalue weighted by Crippen LogP contribution is -2.52. The van der Waals surface area contributed by atoms with Crippen molar-refractivity contribution in [3.63, 3.8) is 0 Å². The third-order valence-corrected chi connectivity index (χ3v) is 7.99. The van der Waals surface area contributed by atoms with Crippen LogP contribution in [0.2, 0.25) is 0 Å². The average Bonchev–Trinajstić information content (AvgIpc) is 3.70. The molecule has 8 heteroatoms. The highest BCUT2D eigenvalue weighted by Crippen LogP contribution is 2.46. The van der Waals surface area contributed by atoms with E-state index in [0.29, 0.717) is 25.8 Å². The van der Waals surface area contributed by atoms with Crippen LogP contribution in [0.4, 0.5) is 13.2 Å². The third-order valence-electron chi connectivity index (χ3n) is 7.99. The van der Waals surface area contributed by atoms with Gasteiger partial charge in [0.05, 0.1) is 5.41 Å². The number of hydrogen-bond acceptors (Lipinski definition) is 4. The summed E-state index contributed by atoms with van der Waals surface area (Å²) in [6.07, 6.45) is -0.251. The fourth-order valence-electron chi connectivity index (χ4n) is 5.41. The fourth-order valence-corrected chi connectivity index (χ4v) is 5.41. The molecule has 0 aliphatic heterocycles. The van der Waals surface area contributed by atoms with Crippen molar-refractivity contribution in [2.24, 2.45) is 17.3 Å². The lowest BCUT2D eigenvalue weighted by Gasteiger charge is -2.40. The smallest absolute Gasteiger partial charge is 0.460 e. The Hall–Kier alpha value is -3.13. The first-order valence-electron chi connectivity index (χ1n) is 14.1. The van der Waals surface area contributed by atoms with E-state index in [4.69, 9.17) is 4.74 Å². The van der Waals surface area contributed by atoms with E-state index < -0.39 is 23.5 Å². The Morgan fingerprint density at radius 1 is 1.00 bits per heavy atom. The first-order valence-corrected chi connectivity index (χ1v) is 14.1. The number of ether oxygens (including phenoxy) is 1. The maximum atomic E-state index is 13.5. The summed E-state index contributed by atoms with van der Waals surface area (Å²) in [4.78, 5) is 26.1. The van der Waals surface area contributed by atoms with E-state index >= 15 is 0 Å². The summed E-state index contributed by atoms with van der Waals surface area (Å²) in [6, 6.07) is 18.9. The zero-order valence-electron chi connectivity index (χ0n) is 23.4. The molecular formula is C32H39F3N2O3. The molecule has 2 aliphatic rings. The minimum absolute atomic E-state index is 0.0126. The number of hydrogen-bond donors (Lipinski definition) is 1. The summed E-state index contributed by atoms with van der Waals surface area (Å²) < 4.78 is 46.1. The van der Waals surface area contributed by atoms with Gasteiger partial charge in [-0.1, -0.05) is 79.2 Å². The molecule has 216 valence electrons. The van der Waals surface area contributed by atoms with Gasteiger partial charge in [-0.05, 0) is 56.6 Å². The van der Waals surface area contributed by atoms with Gasteiger partial charge in [0.15, 0.2) is 0 Å². The summed E-state index contributed by atoms with van der Waals surface area (Å²) in [5, 5.41) is 3.37. The Labute approximate surface area is 234 Å². The van der Waals surface area contributed by atoms with E-state index in [9.17, 15) is 22.8 Å². The molecule has 2 fully saturated rings. The van der Waals surface area contributed by atoms with Gasteiger partial charge in [-0.3, -0.25) is 9.59 Å². The highest BCUT2D eigenvalue weighted by Gasteiger charge is 2.53. The number of amides is 1. The number of halogens is 3. The second kappa shape index (κ2) is 12.6. The van der Waals surface area contributed by atoms with Crippen molar-refractivity contribution < 1.29 is 27.5 Å². The molecule has 2 aromatic rings. The van der Waals surface area contributed by atoms with E-state index in [1.165, 1.54) is 0 Å². The van der Waals surface area contributed by atoms with Crippen LogP contribution in [0.5, 0.6) is 0 Å². The van der Waals surface area contributed by atoms with Crippen molar-refractivity contribution in [2.45, 2.75) is 71.3 Å². The highest BCUT2D eigenvalue weighted by atomic mass is 19.4. The SMILES string of the molecule is CC/C(=C\c1ccccc1)C1CC1N(CC1CC(NCC(C)(C)C(=O)OCc2ccccc2)C1)C(=O)C(F)(F)F. The van der Waals surface area contributed by atoms with E-state index in [1.54, 1.807) is 0 Å². The van der Waals surface area contributed by atoms with Gasteiger partial charge in [0.1, 0.15) is 6.61 Å². The van der Waals surface area contributed by atoms with Gasteiger partial charge in [-0.15, -0.1) is 0 Å². The molecular weight excluding hydrogens is 517 g/mol. The van der Waals surface area contributed by atoms with Crippen LogP contribution in [-0.4, -0.2) is 48.1 Å². The maximum absolute atomic E-state index is 13.5. The van der Waals surface area contributed by atoms with Crippen LogP contribution in [-0.2, 0) is 20.9 Å². The molecule has 0 bridgehead atoms. The highest BCUT2D eigenvalue weighted by molar-refractivity contribution is 5.82. The lowest BCUT2D eigenvalue weighted by molar-refractivity contribution is -0.187. The number of nitrogens with one attached hydrogen (secondary N) is 1. The minimum Gasteiger partial charge on any atom is -0.460 e. The Morgan fingerprint density at radius 2 is 1.62 bits per heavy atom. The van der Waals surface area contributed by atoms with E-state index in [1.807, 2.05) is 87.5 Å². The largest absolute Gasteiger partial charge is 0.471 e. The standard InChI is InChI=1S/C32H39F3N2O3/c1-4-25(15-22-11-7-5-8-12-22)27-18-28(27)37(29(38)32(33,34)35)19-24-16-26(17-24)36-21-31(2,3)30(39)40-20-23-13-9-6-10-14-23/h5-15,24,26-28,36H,4,16-21H2,1-3H3/b25-15+. The molecule has 0 heterocycles. The fraction of sp³-hybridized carbons (Fsp3) is 0.500. The predicted molar refractivity (Wildman–Crippen MR) is 149 cm³/mol. The monoisotopic (exact) mass is 556 g/mol. The van der Waals surface area contributed by atoms with Crippen molar-refractivity contribution in [3.8, 4) is 0 Å². The van der Waals surface area contributed by atoms with Crippen molar-refractivity contribution in [1.29, 1.82) is 0 Å². The number of esters is 1. The molecule has 0 radical (unpaired) electrons. The lowest BCUT2D eigenvalue weighted by atomic mass is 9.79. The predicted octanol–water partition coefficient (Wildman–Crippen LogP) is 6.40. The second-order valence-electron chi connectivity index (χ2n) is 11.7. The van der Waals surface area contributed by atoms with Gasteiger partial charge >= 0.3 is 18.1 Å². The number of nitrogens with zero attached hydrogens (tertiary/aromatic N) is 1. The van der Waals surface area contributed by atoms with Crippen molar-refractivity contribution in [1.82, 2.24) is 10.2 Å². The molecule has 0 spiro atoms. The number of carbonyl (C=O) groups excluding carboxylic acids is 2. The summed E-state index contributed by atoms with van der Waals surface area (Å²) in [7, 11) is 0. The summed E-state index contributed by atoms with van der Waals surface area (Å²) >= 11 is 0. The molecule has 2 unspecified atom stereocenters. The summed E-state index contributed by atoms with van der Waals surface area (Å²) in [5.74, 6) is -2.11. The molecule has 2 atom stereocenters. The Morgan fingerprint density at radius 3 is 2.23 bits per heavy atom. The van der Waals surface area contributed by atoms with Crippen LogP contribution < -0.4 is 5.32 Å². The van der Waals surface area contributed by atoms with E-state index in [-0.39, 0.29) is 37.0 Å². The molecule has 1 N–H and O–H groups in total. The number of benzene rings is 2. The summed E-state index contributed by atoms with van der Waals surface area (Å²) in [6.45, 7) is 6.34. The molecule has 2 saturated carbocycles. The molecule has 2 aromatic carbocycles. The molecule has 0 aromatic heterocycles. The van der Waals surface area contributed by atoms with Crippen LogP contribution in [0.3, 0.4) is 0 Å². The van der Waals surface area contributed by atoms with Gasteiger partial charge in [-0.2, -0.15) is 13.2 Å².